The molecule has 0 radical (unpaired) electrons. The topological polar surface area (TPSA) is 70.6 Å². The lowest BCUT2D eigenvalue weighted by molar-refractivity contribution is -0.0209. The summed E-state index contributed by atoms with van der Waals surface area (Å²) >= 11 is 4.93. The van der Waals surface area contributed by atoms with E-state index in [0.29, 0.717) is 11.3 Å². The summed E-state index contributed by atoms with van der Waals surface area (Å²) in [4.78, 5) is 0. The van der Waals surface area contributed by atoms with Gasteiger partial charge in [0.15, 0.2) is 5.11 Å². The fourth-order valence-electron chi connectivity index (χ4n) is 6.74. The number of rotatable bonds is 1. The third-order valence-electron chi connectivity index (χ3n) is 8.12. The molecule has 4 nitrogen and oxygen atoms in total. The van der Waals surface area contributed by atoms with Gasteiger partial charge in [-0.25, -0.2) is 0 Å². The zero-order valence-electron chi connectivity index (χ0n) is 15.4. The number of hydrogen-bond acceptors (Lipinski definition) is 3. The van der Waals surface area contributed by atoms with Gasteiger partial charge in [0.1, 0.15) is 0 Å². The van der Waals surface area contributed by atoms with Gasteiger partial charge in [0.25, 0.3) is 0 Å². The highest BCUT2D eigenvalue weighted by molar-refractivity contribution is 7.80. The summed E-state index contributed by atoms with van der Waals surface area (Å²) in [5.74, 6) is 2.22. The fourth-order valence-corrected chi connectivity index (χ4v) is 6.78. The summed E-state index contributed by atoms with van der Waals surface area (Å²) in [6.45, 7) is 4.88. The second kappa shape index (κ2) is 6.05. The molecule has 0 aromatic rings. The predicted molar refractivity (Wildman–Crippen MR) is 105 cm³/mol. The smallest absolute Gasteiger partial charge is 0.184 e. The molecule has 6 atom stereocenters. The van der Waals surface area contributed by atoms with Crippen molar-refractivity contribution in [2.45, 2.75) is 71.3 Å². The van der Waals surface area contributed by atoms with Crippen LogP contribution in [0.1, 0.15) is 65.2 Å². The molecule has 3 fully saturated rings. The zero-order chi connectivity index (χ0) is 17.8. The molecule has 3 saturated carbocycles. The Labute approximate surface area is 156 Å². The van der Waals surface area contributed by atoms with Crippen molar-refractivity contribution in [1.29, 1.82) is 0 Å². The Kier molecular flexibility index (Phi) is 4.23. The van der Waals surface area contributed by atoms with Crippen molar-refractivity contribution in [3.05, 3.63) is 11.6 Å². The van der Waals surface area contributed by atoms with E-state index in [9.17, 15) is 5.11 Å². The molecule has 4 rings (SSSR count). The molecular weight excluding hydrogens is 330 g/mol. The molecular formula is C20H31N3OS. The highest BCUT2D eigenvalue weighted by Gasteiger charge is 2.57. The lowest BCUT2D eigenvalue weighted by atomic mass is 9.48. The molecule has 0 amide bonds. The van der Waals surface area contributed by atoms with E-state index in [1.165, 1.54) is 37.0 Å². The molecule has 0 aromatic heterocycles. The van der Waals surface area contributed by atoms with Crippen molar-refractivity contribution < 1.29 is 5.11 Å². The third-order valence-corrected chi connectivity index (χ3v) is 8.21. The summed E-state index contributed by atoms with van der Waals surface area (Å²) in [7, 11) is 0. The molecule has 138 valence electrons. The number of aliphatic hydroxyl groups is 1. The van der Waals surface area contributed by atoms with Crippen molar-refractivity contribution >= 4 is 23.0 Å². The summed E-state index contributed by atoms with van der Waals surface area (Å²) in [5, 5.41) is 14.9. The van der Waals surface area contributed by atoms with E-state index >= 15 is 0 Å². The third kappa shape index (κ3) is 2.66. The molecule has 0 aromatic carbocycles. The fraction of sp³-hybridized carbons (Fsp3) is 0.800. The van der Waals surface area contributed by atoms with Crippen LogP contribution >= 0.6 is 12.2 Å². The minimum atomic E-state index is -0.124. The van der Waals surface area contributed by atoms with Crippen LogP contribution in [-0.2, 0) is 0 Å². The van der Waals surface area contributed by atoms with Crippen molar-refractivity contribution in [3.8, 4) is 0 Å². The Morgan fingerprint density at radius 3 is 2.72 bits per heavy atom. The van der Waals surface area contributed by atoms with E-state index in [0.717, 1.165) is 37.5 Å². The van der Waals surface area contributed by atoms with E-state index < -0.39 is 0 Å². The Balaban J connectivity index is 1.62. The highest BCUT2D eigenvalue weighted by atomic mass is 32.1. The van der Waals surface area contributed by atoms with Gasteiger partial charge in [-0.2, -0.15) is 5.10 Å². The maximum atomic E-state index is 10.1. The summed E-state index contributed by atoms with van der Waals surface area (Å²) < 4.78 is 0. The Hall–Kier alpha value is -0.940. The first-order valence-corrected chi connectivity index (χ1v) is 10.3. The average molecular weight is 362 g/mol. The number of hydrazone groups is 1. The van der Waals surface area contributed by atoms with Gasteiger partial charge in [-0.3, -0.25) is 5.43 Å². The van der Waals surface area contributed by atoms with Gasteiger partial charge in [-0.1, -0.05) is 25.5 Å². The first-order chi connectivity index (χ1) is 11.8. The number of nitrogens with zero attached hydrogens (tertiary/aromatic N) is 1. The second-order valence-electron chi connectivity index (χ2n) is 9.19. The van der Waals surface area contributed by atoms with Gasteiger partial charge in [-0.15, -0.1) is 0 Å². The van der Waals surface area contributed by atoms with Crippen molar-refractivity contribution in [2.75, 3.05) is 0 Å². The molecule has 0 heterocycles. The van der Waals surface area contributed by atoms with Gasteiger partial charge in [0.2, 0.25) is 0 Å². The molecule has 4 aliphatic rings. The van der Waals surface area contributed by atoms with Crippen LogP contribution in [0.5, 0.6) is 0 Å². The molecule has 4 N–H and O–H groups in total. The largest absolute Gasteiger partial charge is 0.393 e. The van der Waals surface area contributed by atoms with Crippen molar-refractivity contribution in [3.63, 3.8) is 0 Å². The monoisotopic (exact) mass is 361 g/mol. The standard InChI is InChI=1S/C20H31N3OS/c1-19-9-7-13(24)11-12(19)3-4-14-15-5-6-17(22-23-18(21)25)20(15,2)10-8-16(14)19/h3,13-16,24H,4-11H2,1-2H3,(H3,21,23,25)/b22-17+/t13-,14-,15-,16-,19+,20+/m1/s1. The second-order valence-corrected chi connectivity index (χ2v) is 9.63. The van der Waals surface area contributed by atoms with Gasteiger partial charge < -0.3 is 10.8 Å². The molecule has 0 spiro atoms. The van der Waals surface area contributed by atoms with E-state index in [1.54, 1.807) is 0 Å². The van der Waals surface area contributed by atoms with Crippen LogP contribution in [-0.4, -0.2) is 22.0 Å². The van der Waals surface area contributed by atoms with E-state index in [1.807, 2.05) is 0 Å². The van der Waals surface area contributed by atoms with Crippen LogP contribution in [0.2, 0.25) is 0 Å². The molecule has 0 aliphatic heterocycles. The van der Waals surface area contributed by atoms with E-state index in [4.69, 9.17) is 18.0 Å². The quantitative estimate of drug-likeness (QED) is 0.380. The molecule has 5 heteroatoms. The van der Waals surface area contributed by atoms with E-state index in [2.05, 4.69) is 30.5 Å². The number of thiocarbonyl (C=S) groups is 1. The Morgan fingerprint density at radius 1 is 1.24 bits per heavy atom. The van der Waals surface area contributed by atoms with Crippen LogP contribution in [0, 0.1) is 28.6 Å². The normalized spacial score (nSPS) is 47.5. The van der Waals surface area contributed by atoms with E-state index in [-0.39, 0.29) is 16.6 Å². The van der Waals surface area contributed by atoms with Crippen LogP contribution in [0.15, 0.2) is 16.8 Å². The number of fused-ring (bicyclic) bond motifs is 5. The van der Waals surface area contributed by atoms with Crippen LogP contribution in [0.25, 0.3) is 0 Å². The zero-order valence-corrected chi connectivity index (χ0v) is 16.2. The summed E-state index contributed by atoms with van der Waals surface area (Å²) in [6.07, 6.45) is 11.3. The molecule has 0 unspecified atom stereocenters. The van der Waals surface area contributed by atoms with Crippen LogP contribution < -0.4 is 11.2 Å². The van der Waals surface area contributed by atoms with Crippen LogP contribution in [0.3, 0.4) is 0 Å². The Bertz CT molecular complexity index is 645. The van der Waals surface area contributed by atoms with Gasteiger partial charge in [0.05, 0.1) is 6.10 Å². The Morgan fingerprint density at radius 2 is 1.96 bits per heavy atom. The number of aliphatic hydroxyl groups excluding tert-OH is 1. The summed E-state index contributed by atoms with van der Waals surface area (Å²) in [5.41, 5.74) is 11.7. The van der Waals surface area contributed by atoms with Gasteiger partial charge in [0, 0.05) is 11.1 Å². The predicted octanol–water partition coefficient (Wildman–Crippen LogP) is 3.50. The SMILES string of the molecule is C[C@]12CC[C@@H](O)CC1=CC[C@H]1[C@H]2CC[C@]2(C)/C(=N/NC(N)=S)CC[C@H]12. The lowest BCUT2D eigenvalue weighted by Gasteiger charge is -2.57. The highest BCUT2D eigenvalue weighted by Crippen LogP contribution is 2.64. The number of nitrogens with one attached hydrogen (secondary N) is 1. The molecule has 0 saturated heterocycles. The maximum Gasteiger partial charge on any atom is 0.184 e. The number of nitrogens with two attached hydrogens (primary N) is 1. The minimum Gasteiger partial charge on any atom is -0.393 e. The van der Waals surface area contributed by atoms with Gasteiger partial charge >= 0.3 is 0 Å². The molecule has 4 aliphatic carbocycles. The molecule has 25 heavy (non-hydrogen) atoms. The van der Waals surface area contributed by atoms with Crippen molar-refractivity contribution in [2.24, 2.45) is 39.4 Å². The maximum absolute atomic E-state index is 10.1. The first-order valence-electron chi connectivity index (χ1n) is 9.84. The van der Waals surface area contributed by atoms with Crippen molar-refractivity contribution in [1.82, 2.24) is 5.43 Å². The molecule has 0 bridgehead atoms. The summed E-state index contributed by atoms with van der Waals surface area (Å²) in [6, 6.07) is 0. The minimum absolute atomic E-state index is 0.124. The first kappa shape index (κ1) is 17.5. The van der Waals surface area contributed by atoms with Gasteiger partial charge in [-0.05, 0) is 86.8 Å². The average Bonchev–Trinajstić information content (AvgIpc) is 2.90. The number of allylic oxidation sites excluding steroid dienone is 1. The van der Waals surface area contributed by atoms with Crippen LogP contribution in [0.4, 0.5) is 0 Å². The lowest BCUT2D eigenvalue weighted by Crippen LogP contribution is -2.50. The number of hydrogen-bond donors (Lipinski definition) is 3.